The van der Waals surface area contributed by atoms with Crippen LogP contribution in [0.1, 0.15) is 61.1 Å². The van der Waals surface area contributed by atoms with Gasteiger partial charge in [0.05, 0.1) is 41.4 Å². The van der Waals surface area contributed by atoms with Crippen molar-refractivity contribution in [3.63, 3.8) is 0 Å². The Morgan fingerprint density at radius 2 is 1.89 bits per heavy atom. The molecule has 4 heterocycles. The van der Waals surface area contributed by atoms with Crippen LogP contribution in [0.2, 0.25) is 0 Å². The minimum Gasteiger partial charge on any atom is -0.496 e. The number of amides is 1. The van der Waals surface area contributed by atoms with Gasteiger partial charge >= 0.3 is 12.3 Å². The molecule has 8 nitrogen and oxygen atoms in total. The summed E-state index contributed by atoms with van der Waals surface area (Å²) < 4.78 is 58.0. The average Bonchev–Trinajstić information content (AvgIpc) is 3.60. The van der Waals surface area contributed by atoms with Crippen LogP contribution >= 0.6 is 11.3 Å². The molecule has 45 heavy (non-hydrogen) atoms. The van der Waals surface area contributed by atoms with Crippen molar-refractivity contribution in [3.05, 3.63) is 58.1 Å². The molecule has 0 aliphatic carbocycles. The lowest BCUT2D eigenvalue weighted by Gasteiger charge is -2.34. The second kappa shape index (κ2) is 11.7. The molecule has 0 atom stereocenters. The Balaban J connectivity index is 1.26. The van der Waals surface area contributed by atoms with Crippen molar-refractivity contribution in [2.75, 3.05) is 32.1 Å². The zero-order valence-corrected chi connectivity index (χ0v) is 26.6. The summed E-state index contributed by atoms with van der Waals surface area (Å²) in [5.41, 5.74) is 3.70. The van der Waals surface area contributed by atoms with Gasteiger partial charge in [-0.3, -0.25) is 0 Å². The van der Waals surface area contributed by atoms with Gasteiger partial charge in [-0.2, -0.15) is 13.2 Å². The summed E-state index contributed by atoms with van der Waals surface area (Å²) in [6.45, 7) is 9.36. The highest BCUT2D eigenvalue weighted by atomic mass is 32.1. The van der Waals surface area contributed by atoms with Crippen molar-refractivity contribution < 1.29 is 32.2 Å². The zero-order chi connectivity index (χ0) is 32.1. The van der Waals surface area contributed by atoms with Gasteiger partial charge in [0.2, 0.25) is 5.95 Å². The topological polar surface area (TPSA) is 85.8 Å². The van der Waals surface area contributed by atoms with Crippen molar-refractivity contribution in [1.29, 1.82) is 0 Å². The summed E-state index contributed by atoms with van der Waals surface area (Å²) in [5.74, 6) is 1.55. The van der Waals surface area contributed by atoms with E-state index in [4.69, 9.17) is 19.2 Å². The highest BCUT2D eigenvalue weighted by Gasteiger charge is 2.33. The van der Waals surface area contributed by atoms with Crippen molar-refractivity contribution in [2.24, 2.45) is 0 Å². The fourth-order valence-corrected chi connectivity index (χ4v) is 7.07. The first-order valence-electron chi connectivity index (χ1n) is 14.9. The zero-order valence-electron chi connectivity index (χ0n) is 25.8. The van der Waals surface area contributed by atoms with Gasteiger partial charge in [0.25, 0.3) is 0 Å². The van der Waals surface area contributed by atoms with E-state index in [0.29, 0.717) is 48.2 Å². The lowest BCUT2D eigenvalue weighted by Crippen LogP contribution is -2.41. The molecule has 2 aromatic heterocycles. The molecule has 1 N–H and O–H groups in total. The third kappa shape index (κ3) is 6.25. The number of piperidine rings is 1. The molecular formula is C33H35F3N4O4S. The Hall–Kier alpha value is -4.06. The number of nitrogens with zero attached hydrogens (tertiary/aromatic N) is 3. The number of aromatic nitrogens is 2. The molecule has 2 aliphatic rings. The SMILES string of the molecule is COc1cc(C(F)(F)F)ccc1-c1c(C)sc2cnc(Nc3ccc(C4CCN(C(=O)OC(C)(C)C)CC4)c4c3OCC4)nc12. The number of alkyl halides is 3. The number of carbonyl (C=O) groups is 1. The van der Waals surface area contributed by atoms with E-state index in [9.17, 15) is 18.0 Å². The minimum absolute atomic E-state index is 0.125. The molecule has 0 radical (unpaired) electrons. The molecule has 1 saturated heterocycles. The van der Waals surface area contributed by atoms with Gasteiger partial charge in [0.1, 0.15) is 17.1 Å². The van der Waals surface area contributed by atoms with E-state index >= 15 is 0 Å². The molecule has 1 fully saturated rings. The minimum atomic E-state index is -4.48. The molecule has 0 saturated carbocycles. The normalized spacial score (nSPS) is 15.6. The van der Waals surface area contributed by atoms with Crippen LogP contribution < -0.4 is 14.8 Å². The molecular weight excluding hydrogens is 605 g/mol. The van der Waals surface area contributed by atoms with Gasteiger partial charge in [-0.15, -0.1) is 11.3 Å². The number of hydrogen-bond donors (Lipinski definition) is 1. The first kappa shape index (κ1) is 30.9. The van der Waals surface area contributed by atoms with Crippen LogP contribution in [0.25, 0.3) is 21.3 Å². The number of benzene rings is 2. The van der Waals surface area contributed by atoms with Gasteiger partial charge in [0.15, 0.2) is 0 Å². The van der Waals surface area contributed by atoms with E-state index in [1.807, 2.05) is 33.8 Å². The highest BCUT2D eigenvalue weighted by molar-refractivity contribution is 7.19. The van der Waals surface area contributed by atoms with Crippen LogP contribution in [0, 0.1) is 6.92 Å². The van der Waals surface area contributed by atoms with Crippen LogP contribution in [0.3, 0.4) is 0 Å². The Bertz CT molecular complexity index is 1760. The van der Waals surface area contributed by atoms with E-state index in [0.717, 1.165) is 58.0 Å². The fraction of sp³-hybridized carbons (Fsp3) is 0.424. The van der Waals surface area contributed by atoms with Crippen molar-refractivity contribution in [2.45, 2.75) is 64.7 Å². The molecule has 4 aromatic rings. The molecule has 2 aliphatic heterocycles. The quantitative estimate of drug-likeness (QED) is 0.234. The molecule has 0 spiro atoms. The monoisotopic (exact) mass is 640 g/mol. The number of halogens is 3. The van der Waals surface area contributed by atoms with Crippen LogP contribution in [0.4, 0.5) is 29.6 Å². The summed E-state index contributed by atoms with van der Waals surface area (Å²) in [7, 11) is 1.36. The number of ether oxygens (including phenoxy) is 3. The van der Waals surface area contributed by atoms with Crippen molar-refractivity contribution >= 4 is 39.3 Å². The first-order valence-corrected chi connectivity index (χ1v) is 15.7. The standard InChI is InChI=1S/C33H35F3N4O4S/c1-18-27(23-7-6-20(33(34,35)36)16-25(23)42-5)28-26(45-18)17-37-30(39-28)38-24-9-8-21(22-12-15-43-29(22)24)19-10-13-40(14-11-19)31(41)44-32(2,3)4/h6-9,16-17,19H,10-15H2,1-5H3,(H,37,38,39). The Kier molecular flexibility index (Phi) is 8.05. The van der Waals surface area contributed by atoms with E-state index < -0.39 is 17.3 Å². The van der Waals surface area contributed by atoms with Crippen molar-refractivity contribution in [1.82, 2.24) is 14.9 Å². The Morgan fingerprint density at radius 3 is 2.58 bits per heavy atom. The lowest BCUT2D eigenvalue weighted by atomic mass is 9.85. The number of nitrogens with one attached hydrogen (secondary N) is 1. The number of fused-ring (bicyclic) bond motifs is 2. The summed E-state index contributed by atoms with van der Waals surface area (Å²) in [4.78, 5) is 24.6. The molecule has 1 amide bonds. The fourth-order valence-electron chi connectivity index (χ4n) is 6.08. The maximum Gasteiger partial charge on any atom is 0.416 e. The van der Waals surface area contributed by atoms with Crippen LogP contribution in [-0.2, 0) is 17.3 Å². The van der Waals surface area contributed by atoms with Gasteiger partial charge in [-0.1, -0.05) is 6.07 Å². The van der Waals surface area contributed by atoms with E-state index in [2.05, 4.69) is 16.4 Å². The predicted octanol–water partition coefficient (Wildman–Crippen LogP) is 8.49. The third-order valence-corrected chi connectivity index (χ3v) is 9.16. The van der Waals surface area contributed by atoms with Gasteiger partial charge in [0, 0.05) is 41.1 Å². The molecule has 238 valence electrons. The van der Waals surface area contributed by atoms with Crippen LogP contribution in [0.5, 0.6) is 11.5 Å². The summed E-state index contributed by atoms with van der Waals surface area (Å²) in [6, 6.07) is 7.61. The number of anilines is 2. The largest absolute Gasteiger partial charge is 0.496 e. The number of rotatable bonds is 5. The average molecular weight is 641 g/mol. The summed E-state index contributed by atoms with van der Waals surface area (Å²) in [5, 5.41) is 3.32. The smallest absolute Gasteiger partial charge is 0.416 e. The molecule has 2 aromatic carbocycles. The Labute approximate surface area is 263 Å². The molecule has 12 heteroatoms. The maximum atomic E-state index is 13.4. The van der Waals surface area contributed by atoms with Crippen molar-refractivity contribution in [3.8, 4) is 22.6 Å². The number of likely N-dealkylation sites (tertiary alicyclic amines) is 1. The van der Waals surface area contributed by atoms with Gasteiger partial charge in [-0.05, 0) is 76.3 Å². The van der Waals surface area contributed by atoms with Crippen LogP contribution in [0.15, 0.2) is 36.5 Å². The third-order valence-electron chi connectivity index (χ3n) is 8.13. The molecule has 0 unspecified atom stereocenters. The number of hydrogen-bond acceptors (Lipinski definition) is 8. The Morgan fingerprint density at radius 1 is 1.13 bits per heavy atom. The van der Waals surface area contributed by atoms with Crippen LogP contribution in [-0.4, -0.2) is 53.4 Å². The summed E-state index contributed by atoms with van der Waals surface area (Å²) in [6.07, 6.45) is -0.569. The number of carbonyl (C=O) groups excluding carboxylic acids is 1. The molecule has 6 rings (SSSR count). The van der Waals surface area contributed by atoms with Gasteiger partial charge < -0.3 is 24.4 Å². The number of thiophene rings is 1. The van der Waals surface area contributed by atoms with E-state index in [1.165, 1.54) is 30.1 Å². The lowest BCUT2D eigenvalue weighted by molar-refractivity contribution is -0.137. The predicted molar refractivity (Wildman–Crippen MR) is 168 cm³/mol. The molecule has 0 bridgehead atoms. The van der Waals surface area contributed by atoms with Gasteiger partial charge in [-0.25, -0.2) is 14.8 Å². The maximum absolute atomic E-state index is 13.4. The number of methoxy groups -OCH3 is 1. The number of aryl methyl sites for hydroxylation is 1. The second-order valence-electron chi connectivity index (χ2n) is 12.3. The van der Waals surface area contributed by atoms with E-state index in [-0.39, 0.29) is 11.8 Å². The first-order chi connectivity index (χ1) is 21.3. The summed E-state index contributed by atoms with van der Waals surface area (Å²) >= 11 is 1.47. The van der Waals surface area contributed by atoms with E-state index in [1.54, 1.807) is 11.1 Å². The highest BCUT2D eigenvalue weighted by Crippen LogP contribution is 2.45. The second-order valence-corrected chi connectivity index (χ2v) is 13.6.